The highest BCUT2D eigenvalue weighted by molar-refractivity contribution is 5.43. The molecule has 304 valence electrons. The first-order chi connectivity index (χ1) is 26.6. The number of allylic oxidation sites excluding steroid dienone is 9. The van der Waals surface area contributed by atoms with E-state index in [1.165, 1.54) is 64.7 Å². The van der Waals surface area contributed by atoms with Crippen LogP contribution >= 0.6 is 0 Å². The maximum absolute atomic E-state index is 5.69. The molecule has 6 heteroatoms. The van der Waals surface area contributed by atoms with Crippen molar-refractivity contribution in [3.8, 4) is 23.0 Å². The minimum Gasteiger partial charge on any atom is -0.493 e. The molecule has 0 bridgehead atoms. The van der Waals surface area contributed by atoms with Crippen LogP contribution < -0.4 is 24.3 Å². The normalized spacial score (nSPS) is 17.0. The Balaban J connectivity index is 1.61. The molecule has 1 aliphatic rings. The van der Waals surface area contributed by atoms with Crippen molar-refractivity contribution in [2.24, 2.45) is 0 Å². The van der Waals surface area contributed by atoms with E-state index >= 15 is 0 Å². The highest BCUT2D eigenvalue weighted by atomic mass is 16.5. The predicted molar refractivity (Wildman–Crippen MR) is 234 cm³/mol. The van der Waals surface area contributed by atoms with Gasteiger partial charge in [-0.25, -0.2) is 0 Å². The molecule has 1 saturated carbocycles. The predicted octanol–water partition coefficient (Wildman–Crippen LogP) is 12.5. The maximum Gasteiger partial charge on any atom is 0.161 e. The smallest absolute Gasteiger partial charge is 0.161 e. The molecule has 3 rings (SSSR count). The quantitative estimate of drug-likeness (QED) is 0.108. The van der Waals surface area contributed by atoms with Gasteiger partial charge in [0.2, 0.25) is 0 Å². The van der Waals surface area contributed by atoms with Crippen molar-refractivity contribution in [2.75, 3.05) is 35.0 Å². The molecule has 55 heavy (non-hydrogen) atoms. The van der Waals surface area contributed by atoms with Gasteiger partial charge in [0.05, 0.1) is 28.4 Å². The maximum atomic E-state index is 5.69. The lowest BCUT2D eigenvalue weighted by molar-refractivity contribution is 0.126. The Morgan fingerprint density at radius 1 is 0.582 bits per heavy atom. The van der Waals surface area contributed by atoms with E-state index < -0.39 is 0 Å². The number of hydrogen-bond donors (Lipinski definition) is 1. The minimum absolute atomic E-state index is 0.386. The Labute approximate surface area is 335 Å². The summed E-state index contributed by atoms with van der Waals surface area (Å²) in [6, 6.07) is 13.3. The Kier molecular flexibility index (Phi) is 21.1. The molecule has 6 nitrogen and oxygen atoms in total. The van der Waals surface area contributed by atoms with E-state index in [9.17, 15) is 0 Å². The van der Waals surface area contributed by atoms with Crippen LogP contribution in [-0.2, 0) is 13.1 Å². The monoisotopic (exact) mass is 755 g/mol. The fourth-order valence-electron chi connectivity index (χ4n) is 7.47. The van der Waals surface area contributed by atoms with Crippen LogP contribution in [0.5, 0.6) is 23.0 Å². The highest BCUT2D eigenvalue weighted by Gasteiger charge is 2.30. The third-order valence-corrected chi connectivity index (χ3v) is 10.9. The Bertz CT molecular complexity index is 1600. The van der Waals surface area contributed by atoms with Crippen LogP contribution in [0.1, 0.15) is 130 Å². The van der Waals surface area contributed by atoms with E-state index in [0.717, 1.165) is 94.0 Å². The third kappa shape index (κ3) is 16.9. The molecular weight excluding hydrogens is 681 g/mol. The van der Waals surface area contributed by atoms with Gasteiger partial charge in [0.15, 0.2) is 23.0 Å². The van der Waals surface area contributed by atoms with Crippen LogP contribution in [0.4, 0.5) is 0 Å². The largest absolute Gasteiger partial charge is 0.493 e. The van der Waals surface area contributed by atoms with Gasteiger partial charge in [-0.1, -0.05) is 83.2 Å². The fourth-order valence-corrected chi connectivity index (χ4v) is 7.47. The molecule has 0 radical (unpaired) electrons. The summed E-state index contributed by atoms with van der Waals surface area (Å²) >= 11 is 0. The number of methoxy groups -OCH3 is 4. The number of nitrogens with one attached hydrogen (secondary N) is 1. The Morgan fingerprint density at radius 3 is 1.55 bits per heavy atom. The first kappa shape index (κ1) is 45.6. The van der Waals surface area contributed by atoms with Crippen LogP contribution in [0.15, 0.2) is 94.6 Å². The van der Waals surface area contributed by atoms with Crippen molar-refractivity contribution in [2.45, 2.75) is 144 Å². The number of nitrogens with zero attached hydrogens (tertiary/aromatic N) is 1. The van der Waals surface area contributed by atoms with Crippen LogP contribution in [0.3, 0.4) is 0 Å². The molecule has 1 N–H and O–H groups in total. The zero-order valence-electron chi connectivity index (χ0n) is 36.2. The van der Waals surface area contributed by atoms with Crippen molar-refractivity contribution in [1.82, 2.24) is 10.2 Å². The first-order valence-corrected chi connectivity index (χ1v) is 20.7. The van der Waals surface area contributed by atoms with Crippen LogP contribution in [0.2, 0.25) is 0 Å². The van der Waals surface area contributed by atoms with Crippen molar-refractivity contribution < 1.29 is 18.9 Å². The summed E-state index contributed by atoms with van der Waals surface area (Å²) in [6.45, 7) is 16.1. The number of ether oxygens (including phenoxy) is 4. The van der Waals surface area contributed by atoms with Gasteiger partial charge < -0.3 is 24.3 Å². The van der Waals surface area contributed by atoms with Crippen LogP contribution in [-0.4, -0.2) is 52.0 Å². The molecule has 2 aromatic carbocycles. The van der Waals surface area contributed by atoms with E-state index in [4.69, 9.17) is 18.9 Å². The molecular formula is C49H74N2O4. The SMILES string of the molecule is COc1ccc(CN[C@@H]2CCCC[C@H]2N(CC=C(C)CCC=C(C)CCC=C(C)CC/C=C(\C)CCC=C(C)C)Cc2ccc(OC)c(OC)c2)cc1OC. The summed E-state index contributed by atoms with van der Waals surface area (Å²) < 4.78 is 22.3. The van der Waals surface area contributed by atoms with Gasteiger partial charge in [-0.15, -0.1) is 0 Å². The lowest BCUT2D eigenvalue weighted by Gasteiger charge is -2.40. The molecule has 1 aliphatic carbocycles. The van der Waals surface area contributed by atoms with E-state index in [-0.39, 0.29) is 0 Å². The molecule has 0 unspecified atom stereocenters. The average Bonchev–Trinajstić information content (AvgIpc) is 3.18. The van der Waals surface area contributed by atoms with E-state index in [2.05, 4.69) is 106 Å². The summed E-state index contributed by atoms with van der Waals surface area (Å²) in [4.78, 5) is 2.67. The molecule has 2 aromatic rings. The summed E-state index contributed by atoms with van der Waals surface area (Å²) in [5, 5.41) is 3.95. The molecule has 0 saturated heterocycles. The van der Waals surface area contributed by atoms with Crippen molar-refractivity contribution in [3.05, 3.63) is 106 Å². The van der Waals surface area contributed by atoms with Gasteiger partial charge in [0, 0.05) is 31.7 Å². The minimum atomic E-state index is 0.386. The van der Waals surface area contributed by atoms with E-state index in [0.29, 0.717) is 12.1 Å². The molecule has 0 amide bonds. The molecule has 0 aliphatic heterocycles. The van der Waals surface area contributed by atoms with E-state index in [1.54, 1.807) is 28.4 Å². The Morgan fingerprint density at radius 2 is 1.04 bits per heavy atom. The van der Waals surface area contributed by atoms with Crippen molar-refractivity contribution >= 4 is 0 Å². The second kappa shape index (κ2) is 25.4. The number of rotatable bonds is 24. The second-order valence-electron chi connectivity index (χ2n) is 15.8. The summed E-state index contributed by atoms with van der Waals surface area (Å²) in [7, 11) is 6.78. The van der Waals surface area contributed by atoms with Crippen LogP contribution in [0.25, 0.3) is 0 Å². The van der Waals surface area contributed by atoms with Gasteiger partial charge in [0.1, 0.15) is 0 Å². The summed E-state index contributed by atoms with van der Waals surface area (Å²) in [6.07, 6.45) is 26.0. The van der Waals surface area contributed by atoms with Gasteiger partial charge in [0.25, 0.3) is 0 Å². The van der Waals surface area contributed by atoms with Gasteiger partial charge in [-0.05, 0) is 141 Å². The summed E-state index contributed by atoms with van der Waals surface area (Å²) in [5.74, 6) is 3.07. The van der Waals surface area contributed by atoms with E-state index in [1.807, 2.05) is 12.1 Å². The second-order valence-corrected chi connectivity index (χ2v) is 15.8. The van der Waals surface area contributed by atoms with Crippen molar-refractivity contribution in [3.63, 3.8) is 0 Å². The lowest BCUT2D eigenvalue weighted by Crippen LogP contribution is -2.51. The zero-order valence-corrected chi connectivity index (χ0v) is 36.2. The van der Waals surface area contributed by atoms with Gasteiger partial charge in [-0.2, -0.15) is 0 Å². The first-order valence-electron chi connectivity index (χ1n) is 20.7. The van der Waals surface area contributed by atoms with Gasteiger partial charge in [-0.3, -0.25) is 4.90 Å². The highest BCUT2D eigenvalue weighted by Crippen LogP contribution is 2.31. The number of hydrogen-bond acceptors (Lipinski definition) is 6. The fraction of sp³-hybridized carbons (Fsp3) is 0.551. The van der Waals surface area contributed by atoms with Crippen LogP contribution in [0, 0.1) is 0 Å². The summed E-state index contributed by atoms with van der Waals surface area (Å²) in [5.41, 5.74) is 9.81. The molecule has 2 atom stereocenters. The lowest BCUT2D eigenvalue weighted by atomic mass is 9.88. The average molecular weight is 755 g/mol. The third-order valence-electron chi connectivity index (χ3n) is 10.9. The van der Waals surface area contributed by atoms with Gasteiger partial charge >= 0.3 is 0 Å². The topological polar surface area (TPSA) is 52.2 Å². The molecule has 1 fully saturated rings. The molecule has 0 spiro atoms. The molecule has 0 heterocycles. The Hall–Kier alpha value is -3.74. The zero-order chi connectivity index (χ0) is 40.0. The number of benzene rings is 2. The molecule has 0 aromatic heterocycles. The standard InChI is InChI=1S/C49H74N2O4/c1-37(2)17-13-18-38(3)19-14-20-39(4)21-15-22-40(5)23-16-24-41(6)31-32-51(36-43-28-30-47(53-8)49(34-43)55-10)45-26-12-11-25-44(45)50-35-42-27-29-46(52-7)48(33-42)54-9/h17,19,21,23,27-31,33-34,44-45,50H,11-16,18,20,22,24-26,32,35-36H2,1-10H3/b38-19+,39-21?,40-23?,41-31?/t44-,45-/m1/s1. The van der Waals surface area contributed by atoms with Crippen molar-refractivity contribution in [1.29, 1.82) is 0 Å².